The van der Waals surface area contributed by atoms with Crippen molar-refractivity contribution in [3.8, 4) is 0 Å². The smallest absolute Gasteiger partial charge is 0.323 e. The molecule has 2 aromatic rings. The minimum Gasteiger partial charge on any atom is -0.396 e. The van der Waals surface area contributed by atoms with Crippen molar-refractivity contribution in [1.29, 1.82) is 0 Å². The molecule has 0 unspecified atom stereocenters. The van der Waals surface area contributed by atoms with E-state index >= 15 is 0 Å². The summed E-state index contributed by atoms with van der Waals surface area (Å²) in [6, 6.07) is 11.7. The molecule has 2 amide bonds. The molecule has 0 aliphatic heterocycles. The molecule has 0 fully saturated rings. The third kappa shape index (κ3) is 4.63. The van der Waals surface area contributed by atoms with E-state index in [4.69, 9.17) is 28.3 Å². The van der Waals surface area contributed by atoms with E-state index in [1.165, 1.54) is 0 Å². The molecule has 0 aliphatic carbocycles. The number of carbonyl (C=O) groups is 1. The number of halogens is 2. The van der Waals surface area contributed by atoms with E-state index in [0.29, 0.717) is 27.8 Å². The molecule has 0 spiro atoms. The molecule has 0 radical (unpaired) electrons. The van der Waals surface area contributed by atoms with Crippen LogP contribution in [0.1, 0.15) is 5.56 Å². The molecule has 2 aromatic carbocycles. The van der Waals surface area contributed by atoms with Crippen LogP contribution in [-0.4, -0.2) is 17.7 Å². The van der Waals surface area contributed by atoms with Crippen molar-refractivity contribution < 1.29 is 9.90 Å². The molecule has 6 heteroatoms. The van der Waals surface area contributed by atoms with E-state index in [2.05, 4.69) is 10.6 Å². The largest absolute Gasteiger partial charge is 0.396 e. The monoisotopic (exact) mass is 324 g/mol. The fourth-order valence-corrected chi connectivity index (χ4v) is 2.10. The molecule has 0 bridgehead atoms. The quantitative estimate of drug-likeness (QED) is 0.790. The maximum Gasteiger partial charge on any atom is 0.323 e. The van der Waals surface area contributed by atoms with Crippen molar-refractivity contribution in [2.45, 2.75) is 6.42 Å². The van der Waals surface area contributed by atoms with Crippen LogP contribution < -0.4 is 10.6 Å². The lowest BCUT2D eigenvalue weighted by Gasteiger charge is -2.10. The van der Waals surface area contributed by atoms with Gasteiger partial charge in [-0.1, -0.05) is 35.3 Å². The van der Waals surface area contributed by atoms with Crippen LogP contribution in [0, 0.1) is 0 Å². The Morgan fingerprint density at radius 1 is 1.05 bits per heavy atom. The van der Waals surface area contributed by atoms with E-state index in [1.54, 1.807) is 30.3 Å². The number of nitrogens with one attached hydrogen (secondary N) is 2. The number of hydrogen-bond donors (Lipinski definition) is 3. The van der Waals surface area contributed by atoms with Gasteiger partial charge in [0.1, 0.15) is 0 Å². The number of amides is 2. The van der Waals surface area contributed by atoms with Crippen molar-refractivity contribution in [2.75, 3.05) is 17.2 Å². The fraction of sp³-hybridized carbons (Fsp3) is 0.133. The lowest BCUT2D eigenvalue weighted by atomic mass is 10.1. The first-order chi connectivity index (χ1) is 10.1. The molecule has 0 saturated heterocycles. The van der Waals surface area contributed by atoms with E-state index in [1.807, 2.05) is 12.1 Å². The van der Waals surface area contributed by atoms with Crippen LogP contribution in [0.5, 0.6) is 0 Å². The first-order valence-corrected chi connectivity index (χ1v) is 7.07. The van der Waals surface area contributed by atoms with Gasteiger partial charge in [0.15, 0.2) is 0 Å². The summed E-state index contributed by atoms with van der Waals surface area (Å²) < 4.78 is 0. The molecule has 0 aromatic heterocycles. The molecule has 3 N–H and O–H groups in total. The Morgan fingerprint density at radius 3 is 2.43 bits per heavy atom. The molecular formula is C15H14Cl2N2O2. The summed E-state index contributed by atoms with van der Waals surface area (Å²) in [7, 11) is 0. The Kier molecular flexibility index (Phi) is 5.44. The lowest BCUT2D eigenvalue weighted by molar-refractivity contribution is 0.262. The number of rotatable bonds is 4. The topological polar surface area (TPSA) is 61.4 Å². The van der Waals surface area contributed by atoms with Crippen molar-refractivity contribution in [2.24, 2.45) is 0 Å². The number of anilines is 2. The zero-order valence-electron chi connectivity index (χ0n) is 11.1. The predicted octanol–water partition coefficient (Wildman–Crippen LogP) is 4.17. The van der Waals surface area contributed by atoms with Gasteiger partial charge in [-0.15, -0.1) is 0 Å². The van der Waals surface area contributed by atoms with Crippen LogP contribution in [0.25, 0.3) is 0 Å². The van der Waals surface area contributed by atoms with Gasteiger partial charge in [-0.2, -0.15) is 0 Å². The first-order valence-electron chi connectivity index (χ1n) is 6.31. The summed E-state index contributed by atoms with van der Waals surface area (Å²) in [5.74, 6) is 0. The summed E-state index contributed by atoms with van der Waals surface area (Å²) in [4.78, 5) is 11.9. The molecule has 0 heterocycles. The van der Waals surface area contributed by atoms with Crippen LogP contribution >= 0.6 is 23.2 Å². The van der Waals surface area contributed by atoms with Gasteiger partial charge >= 0.3 is 6.03 Å². The van der Waals surface area contributed by atoms with E-state index in [-0.39, 0.29) is 6.61 Å². The van der Waals surface area contributed by atoms with Gasteiger partial charge in [-0.05, 0) is 42.3 Å². The highest BCUT2D eigenvalue weighted by molar-refractivity contribution is 6.35. The van der Waals surface area contributed by atoms with Crippen molar-refractivity contribution in [3.05, 3.63) is 58.1 Å². The number of benzene rings is 2. The lowest BCUT2D eigenvalue weighted by Crippen LogP contribution is -2.19. The van der Waals surface area contributed by atoms with Gasteiger partial charge in [0.05, 0.1) is 10.7 Å². The van der Waals surface area contributed by atoms with Gasteiger partial charge in [0.25, 0.3) is 0 Å². The van der Waals surface area contributed by atoms with Gasteiger partial charge < -0.3 is 15.7 Å². The van der Waals surface area contributed by atoms with Crippen LogP contribution in [0.15, 0.2) is 42.5 Å². The summed E-state index contributed by atoms with van der Waals surface area (Å²) in [5.41, 5.74) is 2.09. The van der Waals surface area contributed by atoms with Crippen molar-refractivity contribution in [1.82, 2.24) is 0 Å². The number of aliphatic hydroxyl groups excluding tert-OH is 1. The van der Waals surface area contributed by atoms with Gasteiger partial charge in [-0.3, -0.25) is 0 Å². The molecule has 0 aliphatic rings. The Labute approximate surface area is 132 Å². The highest BCUT2D eigenvalue weighted by Crippen LogP contribution is 2.25. The second-order valence-corrected chi connectivity index (χ2v) is 5.22. The summed E-state index contributed by atoms with van der Waals surface area (Å²) in [6.45, 7) is 0.0977. The Balaban J connectivity index is 1.99. The van der Waals surface area contributed by atoms with Crippen LogP contribution in [0.2, 0.25) is 10.0 Å². The molecule has 4 nitrogen and oxygen atoms in total. The molecule has 110 valence electrons. The standard InChI is InChI=1S/C15H14Cl2N2O2/c16-11-3-6-13(17)14(9-11)19-15(21)18-12-4-1-10(2-5-12)7-8-20/h1-6,9,20H,7-8H2,(H2,18,19,21). The third-order valence-corrected chi connectivity index (χ3v) is 3.35. The SMILES string of the molecule is O=C(Nc1ccc(CCO)cc1)Nc1cc(Cl)ccc1Cl. The molecule has 2 rings (SSSR count). The summed E-state index contributed by atoms with van der Waals surface area (Å²) in [5, 5.41) is 15.1. The molecule has 0 atom stereocenters. The summed E-state index contributed by atoms with van der Waals surface area (Å²) >= 11 is 11.8. The minimum absolute atomic E-state index is 0.0977. The second-order valence-electron chi connectivity index (χ2n) is 4.37. The Morgan fingerprint density at radius 2 is 1.76 bits per heavy atom. The first kappa shape index (κ1) is 15.6. The Hall–Kier alpha value is -1.75. The average Bonchev–Trinajstić information content (AvgIpc) is 2.45. The molecule has 21 heavy (non-hydrogen) atoms. The van der Waals surface area contributed by atoms with Gasteiger partial charge in [-0.25, -0.2) is 4.79 Å². The van der Waals surface area contributed by atoms with Crippen LogP contribution in [0.3, 0.4) is 0 Å². The van der Waals surface area contributed by atoms with Crippen LogP contribution in [0.4, 0.5) is 16.2 Å². The van der Waals surface area contributed by atoms with E-state index < -0.39 is 6.03 Å². The van der Waals surface area contributed by atoms with Crippen LogP contribution in [-0.2, 0) is 6.42 Å². The molecule has 0 saturated carbocycles. The fourth-order valence-electron chi connectivity index (χ4n) is 1.76. The zero-order chi connectivity index (χ0) is 15.2. The summed E-state index contributed by atoms with van der Waals surface area (Å²) in [6.07, 6.45) is 0.588. The normalized spacial score (nSPS) is 10.2. The number of aliphatic hydroxyl groups is 1. The minimum atomic E-state index is -0.408. The third-order valence-electron chi connectivity index (χ3n) is 2.79. The number of carbonyl (C=O) groups excluding carboxylic acids is 1. The highest BCUT2D eigenvalue weighted by atomic mass is 35.5. The Bertz CT molecular complexity index is 630. The average molecular weight is 325 g/mol. The number of hydrogen-bond acceptors (Lipinski definition) is 2. The maximum atomic E-state index is 11.9. The van der Waals surface area contributed by atoms with Gasteiger partial charge in [0, 0.05) is 17.3 Å². The highest BCUT2D eigenvalue weighted by Gasteiger charge is 2.06. The van der Waals surface area contributed by atoms with Crippen molar-refractivity contribution >= 4 is 40.6 Å². The van der Waals surface area contributed by atoms with E-state index in [0.717, 1.165) is 5.56 Å². The zero-order valence-corrected chi connectivity index (χ0v) is 12.6. The molecular weight excluding hydrogens is 311 g/mol. The number of urea groups is 1. The van der Waals surface area contributed by atoms with Crippen molar-refractivity contribution in [3.63, 3.8) is 0 Å². The maximum absolute atomic E-state index is 11.9. The van der Waals surface area contributed by atoms with E-state index in [9.17, 15) is 4.79 Å². The second kappa shape index (κ2) is 7.31. The predicted molar refractivity (Wildman–Crippen MR) is 86.3 cm³/mol. The van der Waals surface area contributed by atoms with Gasteiger partial charge in [0.2, 0.25) is 0 Å².